The summed E-state index contributed by atoms with van der Waals surface area (Å²) in [6.45, 7) is 2.59. The quantitative estimate of drug-likeness (QED) is 0.675. The van der Waals surface area contributed by atoms with Crippen LogP contribution in [-0.4, -0.2) is 38.3 Å². The number of ether oxygens (including phenoxy) is 1. The molecule has 1 N–H and O–H groups in total. The molecule has 0 atom stereocenters. The molecule has 1 heterocycles. The lowest BCUT2D eigenvalue weighted by atomic mass is 9.97. The van der Waals surface area contributed by atoms with Gasteiger partial charge in [-0.3, -0.25) is 4.79 Å². The predicted octanol–water partition coefficient (Wildman–Crippen LogP) is 3.84. The monoisotopic (exact) mass is 461 g/mol. The fourth-order valence-corrected chi connectivity index (χ4v) is 5.36. The number of carbonyl (C=O) groups is 1. The average molecular weight is 462 g/mol. The molecule has 1 aliphatic heterocycles. The van der Waals surface area contributed by atoms with E-state index in [0.717, 1.165) is 5.56 Å². The van der Waals surface area contributed by atoms with Crippen LogP contribution in [0.3, 0.4) is 0 Å². The van der Waals surface area contributed by atoms with Gasteiger partial charge in [-0.1, -0.05) is 23.7 Å². The highest BCUT2D eigenvalue weighted by molar-refractivity contribution is 7.89. The maximum Gasteiger partial charge on any atom is 0.246 e. The summed E-state index contributed by atoms with van der Waals surface area (Å²) in [5.41, 5.74) is 1.54. The molecule has 0 aliphatic carbocycles. The van der Waals surface area contributed by atoms with Gasteiger partial charge in [0.1, 0.15) is 10.6 Å². The SMILES string of the molecule is CCOc1ccc(Cl)cc1S(=O)(=O)N1CCC(C(=O)Nc2ccc(CC#N)cc2)CC1. The van der Waals surface area contributed by atoms with Crippen LogP contribution >= 0.6 is 11.6 Å². The van der Waals surface area contributed by atoms with Crippen LogP contribution in [0.25, 0.3) is 0 Å². The van der Waals surface area contributed by atoms with Crippen LogP contribution in [0.4, 0.5) is 5.69 Å². The van der Waals surface area contributed by atoms with E-state index in [9.17, 15) is 13.2 Å². The maximum absolute atomic E-state index is 13.2. The minimum absolute atomic E-state index is 0.0437. The fraction of sp³-hybridized carbons (Fsp3) is 0.364. The second-order valence-corrected chi connectivity index (χ2v) is 9.57. The van der Waals surface area contributed by atoms with Crippen molar-refractivity contribution in [1.82, 2.24) is 4.31 Å². The lowest BCUT2D eigenvalue weighted by Gasteiger charge is -2.31. The molecule has 1 fully saturated rings. The Morgan fingerprint density at radius 1 is 1.23 bits per heavy atom. The highest BCUT2D eigenvalue weighted by atomic mass is 35.5. The lowest BCUT2D eigenvalue weighted by molar-refractivity contribution is -0.120. The number of carbonyl (C=O) groups excluding carboxylic acids is 1. The number of halogens is 1. The van der Waals surface area contributed by atoms with Crippen LogP contribution < -0.4 is 10.1 Å². The van der Waals surface area contributed by atoms with Crippen LogP contribution in [0.5, 0.6) is 5.75 Å². The summed E-state index contributed by atoms with van der Waals surface area (Å²) in [5.74, 6) is -0.148. The molecule has 0 unspecified atom stereocenters. The smallest absolute Gasteiger partial charge is 0.246 e. The predicted molar refractivity (Wildman–Crippen MR) is 118 cm³/mol. The number of nitrogens with one attached hydrogen (secondary N) is 1. The van der Waals surface area contributed by atoms with Gasteiger partial charge < -0.3 is 10.1 Å². The number of piperidine rings is 1. The van der Waals surface area contributed by atoms with Crippen LogP contribution in [0.15, 0.2) is 47.4 Å². The van der Waals surface area contributed by atoms with Gasteiger partial charge in [0, 0.05) is 29.7 Å². The van der Waals surface area contributed by atoms with E-state index < -0.39 is 10.0 Å². The van der Waals surface area contributed by atoms with Gasteiger partial charge in [0.05, 0.1) is 19.1 Å². The van der Waals surface area contributed by atoms with Gasteiger partial charge >= 0.3 is 0 Å². The Kier molecular flexibility index (Phi) is 7.55. The van der Waals surface area contributed by atoms with Crippen molar-refractivity contribution in [2.24, 2.45) is 5.92 Å². The number of hydrogen-bond acceptors (Lipinski definition) is 5. The fourth-order valence-electron chi connectivity index (χ4n) is 3.50. The zero-order chi connectivity index (χ0) is 22.4. The third kappa shape index (κ3) is 5.56. The van der Waals surface area contributed by atoms with Crippen LogP contribution in [0.1, 0.15) is 25.3 Å². The van der Waals surface area contributed by atoms with Crippen molar-refractivity contribution in [3.63, 3.8) is 0 Å². The molecule has 0 radical (unpaired) electrons. The summed E-state index contributed by atoms with van der Waals surface area (Å²) in [4.78, 5) is 12.7. The summed E-state index contributed by atoms with van der Waals surface area (Å²) < 4.78 is 33.2. The van der Waals surface area contributed by atoms with Crippen LogP contribution in [-0.2, 0) is 21.2 Å². The molecule has 164 valence electrons. The maximum atomic E-state index is 13.2. The second kappa shape index (κ2) is 10.1. The molecule has 0 aromatic heterocycles. The van der Waals surface area contributed by atoms with E-state index in [1.165, 1.54) is 10.4 Å². The molecule has 2 aromatic carbocycles. The average Bonchev–Trinajstić information content (AvgIpc) is 2.76. The van der Waals surface area contributed by atoms with Gasteiger partial charge in [-0.05, 0) is 55.7 Å². The van der Waals surface area contributed by atoms with Crippen molar-refractivity contribution in [2.45, 2.75) is 31.1 Å². The Bertz CT molecular complexity index is 1070. The minimum atomic E-state index is -3.79. The third-order valence-electron chi connectivity index (χ3n) is 5.15. The molecule has 3 rings (SSSR count). The normalized spacial score (nSPS) is 15.3. The van der Waals surface area contributed by atoms with E-state index >= 15 is 0 Å². The Hall–Kier alpha value is -2.60. The Morgan fingerprint density at radius 3 is 2.52 bits per heavy atom. The van der Waals surface area contributed by atoms with Crippen molar-refractivity contribution in [3.05, 3.63) is 53.1 Å². The number of sulfonamides is 1. The zero-order valence-electron chi connectivity index (χ0n) is 17.2. The van der Waals surface area contributed by atoms with E-state index in [1.807, 2.05) is 0 Å². The molecular formula is C22H24ClN3O4S. The molecule has 0 bridgehead atoms. The van der Waals surface area contributed by atoms with E-state index in [2.05, 4.69) is 11.4 Å². The zero-order valence-corrected chi connectivity index (χ0v) is 18.7. The van der Waals surface area contributed by atoms with Crippen LogP contribution in [0, 0.1) is 17.2 Å². The highest BCUT2D eigenvalue weighted by Crippen LogP contribution is 2.32. The topological polar surface area (TPSA) is 99.5 Å². The first kappa shape index (κ1) is 23.1. The first-order valence-corrected chi connectivity index (χ1v) is 11.9. The van der Waals surface area contributed by atoms with E-state index in [4.69, 9.17) is 21.6 Å². The lowest BCUT2D eigenvalue weighted by Crippen LogP contribution is -2.41. The second-order valence-electron chi connectivity index (χ2n) is 7.22. The van der Waals surface area contributed by atoms with Crippen LogP contribution in [0.2, 0.25) is 5.02 Å². The van der Waals surface area contributed by atoms with E-state index in [0.29, 0.717) is 36.6 Å². The first-order chi connectivity index (χ1) is 14.8. The number of anilines is 1. The van der Waals surface area contributed by atoms with E-state index in [-0.39, 0.29) is 35.6 Å². The molecule has 1 aliphatic rings. The molecule has 9 heteroatoms. The van der Waals surface area contributed by atoms with Gasteiger partial charge in [0.15, 0.2) is 0 Å². The largest absolute Gasteiger partial charge is 0.492 e. The van der Waals surface area contributed by atoms with Gasteiger partial charge in [0.25, 0.3) is 0 Å². The van der Waals surface area contributed by atoms with Crippen molar-refractivity contribution in [2.75, 3.05) is 25.0 Å². The third-order valence-corrected chi connectivity index (χ3v) is 7.31. The first-order valence-electron chi connectivity index (χ1n) is 10.0. The number of rotatable bonds is 7. The number of benzene rings is 2. The summed E-state index contributed by atoms with van der Waals surface area (Å²) in [6, 6.07) is 13.8. The van der Waals surface area contributed by atoms with E-state index in [1.54, 1.807) is 43.3 Å². The molecule has 31 heavy (non-hydrogen) atoms. The summed E-state index contributed by atoms with van der Waals surface area (Å²) in [5, 5.41) is 11.9. The molecular weight excluding hydrogens is 438 g/mol. The molecule has 7 nitrogen and oxygen atoms in total. The summed E-state index contributed by atoms with van der Waals surface area (Å²) >= 11 is 6.02. The number of hydrogen-bond donors (Lipinski definition) is 1. The van der Waals surface area contributed by atoms with Crippen molar-refractivity contribution >= 4 is 33.2 Å². The minimum Gasteiger partial charge on any atom is -0.492 e. The van der Waals surface area contributed by atoms with Gasteiger partial charge in [-0.2, -0.15) is 9.57 Å². The number of nitrogens with zero attached hydrogens (tertiary/aromatic N) is 2. The van der Waals surface area contributed by atoms with Crippen molar-refractivity contribution in [3.8, 4) is 11.8 Å². The molecule has 0 saturated carbocycles. The Morgan fingerprint density at radius 2 is 1.90 bits per heavy atom. The molecule has 0 spiro atoms. The Balaban J connectivity index is 1.64. The number of nitriles is 1. The van der Waals surface area contributed by atoms with Gasteiger partial charge in [-0.25, -0.2) is 8.42 Å². The molecule has 1 saturated heterocycles. The van der Waals surface area contributed by atoms with Crippen molar-refractivity contribution < 1.29 is 17.9 Å². The van der Waals surface area contributed by atoms with Crippen molar-refractivity contribution in [1.29, 1.82) is 5.26 Å². The summed E-state index contributed by atoms with van der Waals surface area (Å²) in [6.07, 6.45) is 1.16. The molecule has 1 amide bonds. The van der Waals surface area contributed by atoms with Gasteiger partial charge in [0.2, 0.25) is 15.9 Å². The Labute approximate surface area is 187 Å². The summed E-state index contributed by atoms with van der Waals surface area (Å²) in [7, 11) is -3.79. The number of amides is 1. The highest BCUT2D eigenvalue weighted by Gasteiger charge is 2.34. The van der Waals surface area contributed by atoms with Gasteiger partial charge in [-0.15, -0.1) is 0 Å². The molecule has 2 aromatic rings. The standard InChI is InChI=1S/C22H24ClN3O4S/c1-2-30-20-8-5-18(23)15-21(20)31(28,29)26-13-10-17(11-14-26)22(27)25-19-6-3-16(4-7-19)9-12-24/h3-8,15,17H,2,9-11,13-14H2,1H3,(H,25,27).